The highest BCUT2D eigenvalue weighted by Crippen LogP contribution is 2.21. The maximum atomic E-state index is 13.3. The van der Waals surface area contributed by atoms with E-state index < -0.39 is 5.82 Å². The van der Waals surface area contributed by atoms with Crippen molar-refractivity contribution < 1.29 is 13.9 Å². The molecule has 0 bridgehead atoms. The summed E-state index contributed by atoms with van der Waals surface area (Å²) >= 11 is 0. The number of ether oxygens (including phenoxy) is 1. The van der Waals surface area contributed by atoms with E-state index in [1.807, 2.05) is 0 Å². The lowest BCUT2D eigenvalue weighted by Crippen LogP contribution is -2.12. The van der Waals surface area contributed by atoms with Gasteiger partial charge in [0.1, 0.15) is 23.4 Å². The number of aromatic nitrogens is 1. The van der Waals surface area contributed by atoms with E-state index in [0.29, 0.717) is 22.7 Å². The van der Waals surface area contributed by atoms with Gasteiger partial charge in [-0.2, -0.15) is 5.26 Å². The molecule has 0 aliphatic heterocycles. The summed E-state index contributed by atoms with van der Waals surface area (Å²) in [7, 11) is 0. The molecule has 1 aromatic heterocycles. The monoisotopic (exact) mass is 333 g/mol. The van der Waals surface area contributed by atoms with Crippen LogP contribution in [0.3, 0.4) is 0 Å². The Bertz CT molecular complexity index is 935. The fourth-order valence-corrected chi connectivity index (χ4v) is 2.11. The number of nitrogens with one attached hydrogen (secondary N) is 1. The lowest BCUT2D eigenvalue weighted by Gasteiger charge is -2.08. The normalized spacial score (nSPS) is 9.92. The number of nitrogens with zero attached hydrogens (tertiary/aromatic N) is 2. The average molecular weight is 333 g/mol. The van der Waals surface area contributed by atoms with Crippen molar-refractivity contribution in [2.45, 2.75) is 0 Å². The van der Waals surface area contributed by atoms with Gasteiger partial charge in [0.05, 0.1) is 11.8 Å². The molecule has 0 aliphatic rings. The van der Waals surface area contributed by atoms with E-state index >= 15 is 0 Å². The van der Waals surface area contributed by atoms with E-state index in [1.165, 1.54) is 12.1 Å². The Morgan fingerprint density at radius 3 is 2.60 bits per heavy atom. The minimum absolute atomic E-state index is 0.127. The SMILES string of the molecule is N#Cc1cc(NC(=O)c2ccc(Oc3cccnc3)cc2)ccc1F. The Morgan fingerprint density at radius 1 is 1.12 bits per heavy atom. The Hall–Kier alpha value is -3.72. The van der Waals surface area contributed by atoms with Crippen LogP contribution in [0.5, 0.6) is 11.5 Å². The lowest BCUT2D eigenvalue weighted by molar-refractivity contribution is 0.102. The zero-order valence-electron chi connectivity index (χ0n) is 12.9. The van der Waals surface area contributed by atoms with Gasteiger partial charge in [0.2, 0.25) is 0 Å². The van der Waals surface area contributed by atoms with E-state index in [9.17, 15) is 9.18 Å². The van der Waals surface area contributed by atoms with Crippen LogP contribution in [0.4, 0.5) is 10.1 Å². The first-order chi connectivity index (χ1) is 12.2. The number of halogens is 1. The van der Waals surface area contributed by atoms with Crippen LogP contribution in [0.25, 0.3) is 0 Å². The molecule has 6 heteroatoms. The molecule has 122 valence electrons. The predicted octanol–water partition coefficient (Wildman–Crippen LogP) is 4.14. The highest BCUT2D eigenvalue weighted by atomic mass is 19.1. The van der Waals surface area contributed by atoms with Gasteiger partial charge in [-0.05, 0) is 54.6 Å². The van der Waals surface area contributed by atoms with Crippen molar-refractivity contribution in [3.8, 4) is 17.6 Å². The third kappa shape index (κ3) is 3.98. The molecule has 0 aliphatic carbocycles. The van der Waals surface area contributed by atoms with Gasteiger partial charge in [0, 0.05) is 17.4 Å². The Labute approximate surface area is 143 Å². The van der Waals surface area contributed by atoms with Gasteiger partial charge in [-0.1, -0.05) is 0 Å². The third-order valence-corrected chi connectivity index (χ3v) is 3.33. The number of anilines is 1. The Balaban J connectivity index is 1.70. The molecule has 0 radical (unpaired) electrons. The molecule has 0 unspecified atom stereocenters. The number of amides is 1. The number of benzene rings is 2. The van der Waals surface area contributed by atoms with Crippen molar-refractivity contribution in [2.24, 2.45) is 0 Å². The summed E-state index contributed by atoms with van der Waals surface area (Å²) in [5, 5.41) is 11.4. The number of nitriles is 1. The van der Waals surface area contributed by atoms with Gasteiger partial charge in [0.15, 0.2) is 0 Å². The summed E-state index contributed by atoms with van der Waals surface area (Å²) in [5.74, 6) is 0.161. The van der Waals surface area contributed by atoms with E-state index in [2.05, 4.69) is 10.3 Å². The summed E-state index contributed by atoms with van der Waals surface area (Å²) in [6, 6.07) is 15.6. The van der Waals surface area contributed by atoms with Gasteiger partial charge in [-0.15, -0.1) is 0 Å². The Kier molecular flexibility index (Phi) is 4.67. The van der Waals surface area contributed by atoms with E-state index in [1.54, 1.807) is 54.9 Å². The molecule has 5 nitrogen and oxygen atoms in total. The molecule has 25 heavy (non-hydrogen) atoms. The summed E-state index contributed by atoms with van der Waals surface area (Å²) < 4.78 is 18.9. The van der Waals surface area contributed by atoms with Crippen LogP contribution >= 0.6 is 0 Å². The molecular weight excluding hydrogens is 321 g/mol. The van der Waals surface area contributed by atoms with Crippen molar-refractivity contribution in [3.63, 3.8) is 0 Å². The molecule has 0 saturated carbocycles. The molecule has 0 spiro atoms. The van der Waals surface area contributed by atoms with Crippen LogP contribution in [0.1, 0.15) is 15.9 Å². The molecule has 1 heterocycles. The zero-order valence-corrected chi connectivity index (χ0v) is 12.9. The third-order valence-electron chi connectivity index (χ3n) is 3.33. The summed E-state index contributed by atoms with van der Waals surface area (Å²) in [5.41, 5.74) is 0.623. The van der Waals surface area contributed by atoms with Crippen molar-refractivity contribution in [1.29, 1.82) is 5.26 Å². The van der Waals surface area contributed by atoms with E-state index in [-0.39, 0.29) is 11.5 Å². The van der Waals surface area contributed by atoms with E-state index in [4.69, 9.17) is 10.00 Å². The van der Waals surface area contributed by atoms with Gasteiger partial charge in [-0.3, -0.25) is 9.78 Å². The molecule has 2 aromatic carbocycles. The number of hydrogen-bond acceptors (Lipinski definition) is 4. The first kappa shape index (κ1) is 16.1. The van der Waals surface area contributed by atoms with Gasteiger partial charge in [-0.25, -0.2) is 4.39 Å². The highest BCUT2D eigenvalue weighted by Gasteiger charge is 2.09. The topological polar surface area (TPSA) is 75.0 Å². The average Bonchev–Trinajstić information content (AvgIpc) is 2.64. The quantitative estimate of drug-likeness (QED) is 0.779. The summed E-state index contributed by atoms with van der Waals surface area (Å²) in [6.45, 7) is 0. The maximum Gasteiger partial charge on any atom is 0.255 e. The molecule has 3 rings (SSSR count). The number of rotatable bonds is 4. The fraction of sp³-hybridized carbons (Fsp3) is 0. The molecule has 3 aromatic rings. The smallest absolute Gasteiger partial charge is 0.255 e. The fourth-order valence-electron chi connectivity index (χ4n) is 2.11. The van der Waals surface area contributed by atoms with Crippen LogP contribution in [-0.2, 0) is 0 Å². The zero-order chi connectivity index (χ0) is 17.6. The second kappa shape index (κ2) is 7.23. The second-order valence-corrected chi connectivity index (χ2v) is 5.08. The van der Waals surface area contributed by atoms with Crippen LogP contribution < -0.4 is 10.1 Å². The first-order valence-corrected chi connectivity index (χ1v) is 7.34. The van der Waals surface area contributed by atoms with Crippen LogP contribution in [0.15, 0.2) is 67.0 Å². The number of hydrogen-bond donors (Lipinski definition) is 1. The molecule has 1 amide bonds. The first-order valence-electron chi connectivity index (χ1n) is 7.34. The van der Waals surface area contributed by atoms with Crippen molar-refractivity contribution in [2.75, 3.05) is 5.32 Å². The van der Waals surface area contributed by atoms with Gasteiger partial charge < -0.3 is 10.1 Å². The minimum Gasteiger partial charge on any atom is -0.456 e. The van der Waals surface area contributed by atoms with Crippen molar-refractivity contribution in [1.82, 2.24) is 4.98 Å². The lowest BCUT2D eigenvalue weighted by atomic mass is 10.1. The number of carbonyl (C=O) groups is 1. The highest BCUT2D eigenvalue weighted by molar-refractivity contribution is 6.04. The van der Waals surface area contributed by atoms with Crippen molar-refractivity contribution in [3.05, 3.63) is 83.9 Å². The number of pyridine rings is 1. The van der Waals surface area contributed by atoms with Crippen molar-refractivity contribution >= 4 is 11.6 Å². The summed E-state index contributed by atoms with van der Waals surface area (Å²) in [4.78, 5) is 16.2. The van der Waals surface area contributed by atoms with Crippen LogP contribution in [0, 0.1) is 17.1 Å². The van der Waals surface area contributed by atoms with E-state index in [0.717, 1.165) is 6.07 Å². The molecule has 0 fully saturated rings. The predicted molar refractivity (Wildman–Crippen MR) is 89.8 cm³/mol. The number of carbonyl (C=O) groups excluding carboxylic acids is 1. The van der Waals surface area contributed by atoms with Gasteiger partial charge in [0.25, 0.3) is 5.91 Å². The van der Waals surface area contributed by atoms with Crippen LogP contribution in [0.2, 0.25) is 0 Å². The molecule has 0 saturated heterocycles. The molecule has 1 N–H and O–H groups in total. The largest absolute Gasteiger partial charge is 0.456 e. The second-order valence-electron chi connectivity index (χ2n) is 5.08. The molecule has 0 atom stereocenters. The summed E-state index contributed by atoms with van der Waals surface area (Å²) in [6.07, 6.45) is 3.23. The van der Waals surface area contributed by atoms with Crippen LogP contribution in [-0.4, -0.2) is 10.9 Å². The standard InChI is InChI=1S/C19H12FN3O2/c20-18-8-5-15(10-14(18)11-21)23-19(24)13-3-6-16(7-4-13)25-17-2-1-9-22-12-17/h1-10,12H,(H,23,24). The Morgan fingerprint density at radius 2 is 1.92 bits per heavy atom. The minimum atomic E-state index is -0.627. The van der Waals surface area contributed by atoms with Gasteiger partial charge >= 0.3 is 0 Å². The molecular formula is C19H12FN3O2. The maximum absolute atomic E-state index is 13.3.